The Balaban J connectivity index is 1.87. The third kappa shape index (κ3) is 4.74. The minimum atomic E-state index is 0.814. The largest absolute Gasteiger partial charge is 0.468 e. The van der Waals surface area contributed by atoms with Gasteiger partial charge in [0.05, 0.1) is 16.6 Å². The summed E-state index contributed by atoms with van der Waals surface area (Å²) in [5.74, 6) is 1.05. The highest BCUT2D eigenvalue weighted by molar-refractivity contribution is 9.11. The van der Waals surface area contributed by atoms with E-state index in [-0.39, 0.29) is 0 Å². The second-order valence-electron chi connectivity index (χ2n) is 4.98. The summed E-state index contributed by atoms with van der Waals surface area (Å²) in [7, 11) is 2.14. The van der Waals surface area contributed by atoms with E-state index < -0.39 is 0 Å². The summed E-state index contributed by atoms with van der Waals surface area (Å²) in [6, 6.07) is 4.25. The van der Waals surface area contributed by atoms with Crippen LogP contribution in [0, 0.1) is 0 Å². The third-order valence-corrected chi connectivity index (χ3v) is 4.62. The fourth-order valence-corrected chi connectivity index (χ4v) is 3.33. The molecule has 0 aliphatic rings. The first-order valence-electron chi connectivity index (χ1n) is 6.86. The Morgan fingerprint density at radius 2 is 2.25 bits per heavy atom. The summed E-state index contributed by atoms with van der Waals surface area (Å²) < 4.78 is 6.76. The number of halogens is 1. The van der Waals surface area contributed by atoms with E-state index in [0.29, 0.717) is 0 Å². The normalized spacial score (nSPS) is 11.4. The smallest absolute Gasteiger partial charge is 0.122 e. The van der Waals surface area contributed by atoms with Crippen LogP contribution in [0.1, 0.15) is 30.2 Å². The zero-order valence-electron chi connectivity index (χ0n) is 12.0. The summed E-state index contributed by atoms with van der Waals surface area (Å²) in [6.07, 6.45) is 2.93. The highest BCUT2D eigenvalue weighted by Gasteiger charge is 2.09. The molecule has 2 aromatic rings. The minimum absolute atomic E-state index is 0.814. The molecule has 110 valence electrons. The lowest BCUT2D eigenvalue weighted by Gasteiger charge is -2.15. The van der Waals surface area contributed by atoms with Gasteiger partial charge < -0.3 is 9.73 Å². The molecule has 0 bridgehead atoms. The standard InChI is InChI=1S/C15H21BrN2OS/c1-3-5-17-8-14-13(4-6-19-14)10-18(2)9-12-7-15(16)20-11-12/h4,6-7,11,17H,3,5,8-10H2,1-2H3. The van der Waals surface area contributed by atoms with Gasteiger partial charge in [-0.05, 0) is 59.0 Å². The molecule has 0 saturated heterocycles. The van der Waals surface area contributed by atoms with E-state index in [0.717, 1.165) is 38.4 Å². The summed E-state index contributed by atoms with van der Waals surface area (Å²) in [4.78, 5) is 2.31. The van der Waals surface area contributed by atoms with E-state index in [9.17, 15) is 0 Å². The molecule has 0 saturated carbocycles. The highest BCUT2D eigenvalue weighted by atomic mass is 79.9. The van der Waals surface area contributed by atoms with Gasteiger partial charge in [0, 0.05) is 18.7 Å². The van der Waals surface area contributed by atoms with Gasteiger partial charge in [-0.1, -0.05) is 6.92 Å². The predicted octanol–water partition coefficient (Wildman–Crippen LogP) is 4.24. The van der Waals surface area contributed by atoms with Crippen LogP contribution in [0.4, 0.5) is 0 Å². The molecule has 0 radical (unpaired) electrons. The molecule has 2 heterocycles. The molecule has 0 spiro atoms. The Morgan fingerprint density at radius 1 is 1.40 bits per heavy atom. The predicted molar refractivity (Wildman–Crippen MR) is 87.9 cm³/mol. The number of thiophene rings is 1. The molecule has 0 amide bonds. The van der Waals surface area contributed by atoms with Gasteiger partial charge in [-0.15, -0.1) is 11.3 Å². The van der Waals surface area contributed by atoms with Gasteiger partial charge in [0.2, 0.25) is 0 Å². The lowest BCUT2D eigenvalue weighted by atomic mass is 10.2. The maximum Gasteiger partial charge on any atom is 0.122 e. The molecule has 0 unspecified atom stereocenters. The van der Waals surface area contributed by atoms with E-state index in [2.05, 4.69) is 57.6 Å². The number of nitrogens with one attached hydrogen (secondary N) is 1. The van der Waals surface area contributed by atoms with Crippen molar-refractivity contribution in [2.24, 2.45) is 0 Å². The molecule has 0 aliphatic carbocycles. The Hall–Kier alpha value is -0.620. The fourth-order valence-electron chi connectivity index (χ4n) is 2.13. The molecule has 0 aliphatic heterocycles. The zero-order valence-corrected chi connectivity index (χ0v) is 14.4. The molecule has 2 aromatic heterocycles. The maximum atomic E-state index is 5.57. The zero-order chi connectivity index (χ0) is 14.4. The van der Waals surface area contributed by atoms with Crippen LogP contribution >= 0.6 is 27.3 Å². The summed E-state index contributed by atoms with van der Waals surface area (Å²) in [5.41, 5.74) is 2.61. The molecular weight excluding hydrogens is 336 g/mol. The number of hydrogen-bond acceptors (Lipinski definition) is 4. The van der Waals surface area contributed by atoms with Crippen molar-refractivity contribution in [2.75, 3.05) is 13.6 Å². The van der Waals surface area contributed by atoms with Crippen molar-refractivity contribution in [3.8, 4) is 0 Å². The van der Waals surface area contributed by atoms with Crippen LogP contribution in [-0.4, -0.2) is 18.5 Å². The molecule has 20 heavy (non-hydrogen) atoms. The first kappa shape index (κ1) is 15.8. The Morgan fingerprint density at radius 3 is 2.95 bits per heavy atom. The number of hydrogen-bond donors (Lipinski definition) is 1. The molecule has 0 aromatic carbocycles. The Labute approximate surface area is 133 Å². The molecule has 1 N–H and O–H groups in total. The van der Waals surface area contributed by atoms with E-state index in [1.807, 2.05) is 0 Å². The van der Waals surface area contributed by atoms with E-state index in [1.54, 1.807) is 17.6 Å². The second kappa shape index (κ2) is 7.98. The molecule has 5 heteroatoms. The summed E-state index contributed by atoms with van der Waals surface area (Å²) in [5, 5.41) is 5.58. The van der Waals surface area contributed by atoms with Gasteiger partial charge in [0.1, 0.15) is 5.76 Å². The van der Waals surface area contributed by atoms with E-state index in [4.69, 9.17) is 4.42 Å². The number of furan rings is 1. The van der Waals surface area contributed by atoms with Gasteiger partial charge in [-0.25, -0.2) is 0 Å². The molecule has 0 fully saturated rings. The summed E-state index contributed by atoms with van der Waals surface area (Å²) in [6.45, 7) is 5.87. The Kier molecular flexibility index (Phi) is 6.29. The fraction of sp³-hybridized carbons (Fsp3) is 0.467. The molecule has 2 rings (SSSR count). The topological polar surface area (TPSA) is 28.4 Å². The van der Waals surface area contributed by atoms with Crippen molar-refractivity contribution in [2.45, 2.75) is 33.0 Å². The SMILES string of the molecule is CCCNCc1occc1CN(C)Cc1csc(Br)c1. The number of nitrogens with zero attached hydrogens (tertiary/aromatic N) is 1. The van der Waals surface area contributed by atoms with Crippen LogP contribution in [0.5, 0.6) is 0 Å². The van der Waals surface area contributed by atoms with Crippen molar-refractivity contribution in [3.63, 3.8) is 0 Å². The monoisotopic (exact) mass is 356 g/mol. The molecule has 0 atom stereocenters. The van der Waals surface area contributed by atoms with Gasteiger partial charge in [0.15, 0.2) is 0 Å². The Bertz CT molecular complexity index is 523. The second-order valence-corrected chi connectivity index (χ2v) is 7.27. The summed E-state index contributed by atoms with van der Waals surface area (Å²) >= 11 is 5.24. The van der Waals surface area contributed by atoms with Crippen molar-refractivity contribution < 1.29 is 4.42 Å². The van der Waals surface area contributed by atoms with Gasteiger partial charge >= 0.3 is 0 Å². The third-order valence-electron chi connectivity index (χ3n) is 3.06. The van der Waals surface area contributed by atoms with E-state index >= 15 is 0 Å². The quantitative estimate of drug-likeness (QED) is 0.717. The van der Waals surface area contributed by atoms with Crippen LogP contribution < -0.4 is 5.32 Å². The van der Waals surface area contributed by atoms with Crippen LogP contribution in [-0.2, 0) is 19.6 Å². The van der Waals surface area contributed by atoms with Crippen molar-refractivity contribution in [1.82, 2.24) is 10.2 Å². The van der Waals surface area contributed by atoms with Gasteiger partial charge in [-0.3, -0.25) is 4.90 Å². The van der Waals surface area contributed by atoms with Crippen LogP contribution in [0.15, 0.2) is 32.0 Å². The average molecular weight is 357 g/mol. The van der Waals surface area contributed by atoms with Crippen molar-refractivity contribution in [1.29, 1.82) is 0 Å². The van der Waals surface area contributed by atoms with Gasteiger partial charge in [0.25, 0.3) is 0 Å². The highest BCUT2D eigenvalue weighted by Crippen LogP contribution is 2.22. The first-order valence-corrected chi connectivity index (χ1v) is 8.53. The molecule has 3 nitrogen and oxygen atoms in total. The van der Waals surface area contributed by atoms with E-state index in [1.165, 1.54) is 14.9 Å². The lowest BCUT2D eigenvalue weighted by molar-refractivity contribution is 0.315. The molecular formula is C15H21BrN2OS. The van der Waals surface area contributed by atoms with Crippen LogP contribution in [0.25, 0.3) is 0 Å². The van der Waals surface area contributed by atoms with Gasteiger partial charge in [-0.2, -0.15) is 0 Å². The van der Waals surface area contributed by atoms with Crippen LogP contribution in [0.3, 0.4) is 0 Å². The average Bonchev–Trinajstić information content (AvgIpc) is 3.00. The maximum absolute atomic E-state index is 5.57. The first-order chi connectivity index (χ1) is 9.69. The minimum Gasteiger partial charge on any atom is -0.468 e. The van der Waals surface area contributed by atoms with Crippen LogP contribution in [0.2, 0.25) is 0 Å². The van der Waals surface area contributed by atoms with Crippen molar-refractivity contribution >= 4 is 27.3 Å². The van der Waals surface area contributed by atoms with Crippen molar-refractivity contribution in [3.05, 3.63) is 44.4 Å². The number of rotatable bonds is 8. The lowest BCUT2D eigenvalue weighted by Crippen LogP contribution is -2.19.